The minimum atomic E-state index is -4.66. The molecule has 1 unspecified atom stereocenters. The molecule has 4 rings (SSSR count). The van der Waals surface area contributed by atoms with Crippen LogP contribution in [-0.2, 0) is 11.2 Å². The molecule has 1 fully saturated rings. The van der Waals surface area contributed by atoms with Crippen molar-refractivity contribution in [3.8, 4) is 5.75 Å². The second-order valence-electron chi connectivity index (χ2n) is 7.61. The molecule has 1 atom stereocenters. The fourth-order valence-corrected chi connectivity index (χ4v) is 4.54. The number of ether oxygens (including phenoxy) is 2. The molecule has 0 aliphatic carbocycles. The predicted molar refractivity (Wildman–Crippen MR) is 113 cm³/mol. The monoisotopic (exact) mass is 484 g/mol. The molecule has 0 spiro atoms. The molecule has 2 aromatic carbocycles. The number of alkyl halides is 3. The molecule has 0 saturated carbocycles. The van der Waals surface area contributed by atoms with Crippen molar-refractivity contribution in [2.45, 2.75) is 25.3 Å². The highest BCUT2D eigenvalue weighted by Gasteiger charge is 2.31. The smallest absolute Gasteiger partial charge is 0.406 e. The number of rotatable bonds is 5. The molecule has 1 saturated heterocycles. The van der Waals surface area contributed by atoms with Gasteiger partial charge in [-0.2, -0.15) is 0 Å². The number of piperazine rings is 1. The molecule has 2 aliphatic heterocycles. The molecule has 4 nitrogen and oxygen atoms in total. The van der Waals surface area contributed by atoms with E-state index in [0.29, 0.717) is 0 Å². The van der Waals surface area contributed by atoms with Crippen LogP contribution in [0.2, 0.25) is 0 Å². The Labute approximate surface area is 182 Å². The first-order valence-electron chi connectivity index (χ1n) is 10.1. The third-order valence-corrected chi connectivity index (χ3v) is 6.15. The van der Waals surface area contributed by atoms with E-state index in [2.05, 4.69) is 48.7 Å². The van der Waals surface area contributed by atoms with Gasteiger partial charge < -0.3 is 14.4 Å². The van der Waals surface area contributed by atoms with Crippen LogP contribution in [0.15, 0.2) is 46.9 Å². The van der Waals surface area contributed by atoms with Gasteiger partial charge in [0.1, 0.15) is 5.75 Å². The largest absolute Gasteiger partial charge is 0.573 e. The van der Waals surface area contributed by atoms with E-state index in [4.69, 9.17) is 4.74 Å². The van der Waals surface area contributed by atoms with Gasteiger partial charge in [0.2, 0.25) is 0 Å². The first kappa shape index (κ1) is 21.5. The van der Waals surface area contributed by atoms with Gasteiger partial charge in [-0.05, 0) is 60.4 Å². The zero-order valence-corrected chi connectivity index (χ0v) is 18.1. The number of benzene rings is 2. The average Bonchev–Trinajstić information content (AvgIpc) is 2.72. The molecule has 8 heteroatoms. The summed E-state index contributed by atoms with van der Waals surface area (Å²) in [6, 6.07) is 12.5. The topological polar surface area (TPSA) is 24.9 Å². The highest BCUT2D eigenvalue weighted by atomic mass is 79.9. The molecule has 2 heterocycles. The van der Waals surface area contributed by atoms with Crippen LogP contribution in [0.5, 0.6) is 5.75 Å². The Bertz CT molecular complexity index is 852. The molecule has 0 radical (unpaired) electrons. The fourth-order valence-electron chi connectivity index (χ4n) is 4.13. The first-order valence-corrected chi connectivity index (χ1v) is 10.9. The van der Waals surface area contributed by atoms with Crippen molar-refractivity contribution < 1.29 is 22.6 Å². The summed E-state index contributed by atoms with van der Waals surface area (Å²) >= 11 is 3.54. The van der Waals surface area contributed by atoms with Crippen molar-refractivity contribution in [1.82, 2.24) is 4.90 Å². The van der Waals surface area contributed by atoms with Crippen LogP contribution in [0, 0.1) is 0 Å². The van der Waals surface area contributed by atoms with Gasteiger partial charge in [-0.15, -0.1) is 13.2 Å². The van der Waals surface area contributed by atoms with Gasteiger partial charge in [-0.1, -0.05) is 22.0 Å². The van der Waals surface area contributed by atoms with E-state index in [0.717, 1.165) is 62.3 Å². The fraction of sp³-hybridized carbons (Fsp3) is 0.455. The third kappa shape index (κ3) is 5.47. The van der Waals surface area contributed by atoms with E-state index in [-0.39, 0.29) is 11.9 Å². The van der Waals surface area contributed by atoms with Crippen LogP contribution in [-0.4, -0.2) is 50.6 Å². The summed E-state index contributed by atoms with van der Waals surface area (Å²) in [5, 5.41) is 0. The summed E-state index contributed by atoms with van der Waals surface area (Å²) in [6.07, 6.45) is -2.61. The lowest BCUT2D eigenvalue weighted by atomic mass is 9.95. The van der Waals surface area contributed by atoms with E-state index in [1.807, 2.05) is 0 Å². The quantitative estimate of drug-likeness (QED) is 0.584. The lowest BCUT2D eigenvalue weighted by Gasteiger charge is -2.37. The van der Waals surface area contributed by atoms with Crippen molar-refractivity contribution >= 4 is 21.6 Å². The van der Waals surface area contributed by atoms with Crippen molar-refractivity contribution in [2.24, 2.45) is 0 Å². The average molecular weight is 485 g/mol. The summed E-state index contributed by atoms with van der Waals surface area (Å²) in [6.45, 7) is 5.24. The number of nitrogens with zero attached hydrogens (tertiary/aromatic N) is 2. The van der Waals surface area contributed by atoms with Gasteiger partial charge in [0, 0.05) is 42.9 Å². The van der Waals surface area contributed by atoms with Crippen LogP contribution >= 0.6 is 15.9 Å². The van der Waals surface area contributed by atoms with Crippen LogP contribution < -0.4 is 9.64 Å². The summed E-state index contributed by atoms with van der Waals surface area (Å²) in [5.74, 6) is -0.190. The Morgan fingerprint density at radius 1 is 1.03 bits per heavy atom. The van der Waals surface area contributed by atoms with Crippen molar-refractivity contribution in [3.63, 3.8) is 0 Å². The zero-order valence-electron chi connectivity index (χ0n) is 16.5. The van der Waals surface area contributed by atoms with Gasteiger partial charge in [0.25, 0.3) is 0 Å². The van der Waals surface area contributed by atoms with Crippen molar-refractivity contribution in [3.05, 3.63) is 58.1 Å². The molecule has 0 aromatic heterocycles. The van der Waals surface area contributed by atoms with Crippen LogP contribution in [0.4, 0.5) is 18.9 Å². The molecule has 0 bridgehead atoms. The number of anilines is 1. The first-order chi connectivity index (χ1) is 14.4. The zero-order chi connectivity index (χ0) is 21.1. The van der Waals surface area contributed by atoms with E-state index in [9.17, 15) is 13.2 Å². The molecular formula is C22H24BrF3N2O2. The molecule has 2 aliphatic rings. The molecule has 0 amide bonds. The van der Waals surface area contributed by atoms with Gasteiger partial charge in [-0.25, -0.2) is 0 Å². The molecule has 0 N–H and O–H groups in total. The second kappa shape index (κ2) is 9.16. The molecule has 162 valence electrons. The van der Waals surface area contributed by atoms with E-state index < -0.39 is 6.36 Å². The molecule has 2 aromatic rings. The standard InChI is InChI=1S/C22H24BrF3N2O2/c23-17-1-6-20-16(15-17)8-14-29-21(20)7-9-27-10-12-28(13-11-27)18-2-4-19(5-3-18)30-22(24,25)26/h1-6,15,21H,7-14H2. The third-order valence-electron chi connectivity index (χ3n) is 5.66. The summed E-state index contributed by atoms with van der Waals surface area (Å²) < 4.78 is 48.0. The SMILES string of the molecule is FC(F)(F)Oc1ccc(N2CCN(CCC3OCCc4cc(Br)ccc43)CC2)cc1. The lowest BCUT2D eigenvalue weighted by molar-refractivity contribution is -0.274. The Balaban J connectivity index is 1.27. The number of hydrogen-bond acceptors (Lipinski definition) is 4. The number of hydrogen-bond donors (Lipinski definition) is 0. The highest BCUT2D eigenvalue weighted by Crippen LogP contribution is 2.32. The van der Waals surface area contributed by atoms with Gasteiger partial charge in [0.05, 0.1) is 12.7 Å². The summed E-state index contributed by atoms with van der Waals surface area (Å²) in [4.78, 5) is 4.62. The Morgan fingerprint density at radius 2 is 1.77 bits per heavy atom. The normalized spacial score (nSPS) is 20.1. The lowest BCUT2D eigenvalue weighted by Crippen LogP contribution is -2.46. The van der Waals surface area contributed by atoms with Crippen molar-refractivity contribution in [1.29, 1.82) is 0 Å². The minimum Gasteiger partial charge on any atom is -0.406 e. The predicted octanol–water partition coefficient (Wildman–Crippen LogP) is 5.17. The number of halogens is 4. The summed E-state index contributed by atoms with van der Waals surface area (Å²) in [7, 11) is 0. The van der Waals surface area contributed by atoms with Crippen LogP contribution in [0.1, 0.15) is 23.7 Å². The van der Waals surface area contributed by atoms with Gasteiger partial charge in [-0.3, -0.25) is 4.90 Å². The Kier molecular flexibility index (Phi) is 6.55. The van der Waals surface area contributed by atoms with E-state index >= 15 is 0 Å². The maximum atomic E-state index is 12.3. The Morgan fingerprint density at radius 3 is 2.47 bits per heavy atom. The molecular weight excluding hydrogens is 461 g/mol. The second-order valence-corrected chi connectivity index (χ2v) is 8.53. The number of fused-ring (bicyclic) bond motifs is 1. The van der Waals surface area contributed by atoms with Crippen molar-refractivity contribution in [2.75, 3.05) is 44.2 Å². The maximum Gasteiger partial charge on any atom is 0.573 e. The highest BCUT2D eigenvalue weighted by molar-refractivity contribution is 9.10. The Hall–Kier alpha value is -1.77. The van der Waals surface area contributed by atoms with Gasteiger partial charge >= 0.3 is 6.36 Å². The molecule has 30 heavy (non-hydrogen) atoms. The van der Waals surface area contributed by atoms with E-state index in [1.54, 1.807) is 12.1 Å². The van der Waals surface area contributed by atoms with E-state index in [1.165, 1.54) is 23.3 Å². The van der Waals surface area contributed by atoms with Crippen LogP contribution in [0.25, 0.3) is 0 Å². The minimum absolute atomic E-state index is 0.140. The van der Waals surface area contributed by atoms with Crippen LogP contribution in [0.3, 0.4) is 0 Å². The van der Waals surface area contributed by atoms with Gasteiger partial charge in [0.15, 0.2) is 0 Å². The summed E-state index contributed by atoms with van der Waals surface area (Å²) in [5.41, 5.74) is 3.58. The maximum absolute atomic E-state index is 12.3.